The Morgan fingerprint density at radius 3 is 3.13 bits per heavy atom. The molecule has 2 aromatic heterocycles. The lowest BCUT2D eigenvalue weighted by atomic mass is 10.3. The molecule has 0 atom stereocenters. The maximum absolute atomic E-state index is 5.65. The SMILES string of the molecule is Nc1cn2ccnc2c(OC2COC2)n1. The lowest BCUT2D eigenvalue weighted by Crippen LogP contribution is -2.38. The van der Waals surface area contributed by atoms with E-state index in [4.69, 9.17) is 15.2 Å². The number of nitrogens with zero attached hydrogens (tertiary/aromatic N) is 3. The third-order valence-corrected chi connectivity index (χ3v) is 2.25. The molecule has 6 nitrogen and oxygen atoms in total. The Kier molecular flexibility index (Phi) is 1.75. The maximum atomic E-state index is 5.65. The molecule has 0 aromatic carbocycles. The summed E-state index contributed by atoms with van der Waals surface area (Å²) in [6, 6.07) is 0. The van der Waals surface area contributed by atoms with Gasteiger partial charge in [0.15, 0.2) is 0 Å². The predicted octanol–water partition coefficient (Wildman–Crippen LogP) is 0.0891. The fourth-order valence-electron chi connectivity index (χ4n) is 1.44. The van der Waals surface area contributed by atoms with Crippen LogP contribution in [0.4, 0.5) is 5.82 Å². The number of fused-ring (bicyclic) bond motifs is 1. The third kappa shape index (κ3) is 1.39. The average Bonchev–Trinajstić information content (AvgIpc) is 2.58. The molecule has 15 heavy (non-hydrogen) atoms. The normalized spacial score (nSPS) is 16.5. The summed E-state index contributed by atoms with van der Waals surface area (Å²) in [6.45, 7) is 1.20. The first-order valence-corrected chi connectivity index (χ1v) is 4.66. The number of hydrogen-bond acceptors (Lipinski definition) is 5. The molecular formula is C9H10N4O2. The number of nitrogens with two attached hydrogens (primary N) is 1. The zero-order valence-electron chi connectivity index (χ0n) is 7.96. The Hall–Kier alpha value is -1.82. The number of rotatable bonds is 2. The van der Waals surface area contributed by atoms with Gasteiger partial charge in [-0.3, -0.25) is 4.40 Å². The summed E-state index contributed by atoms with van der Waals surface area (Å²) in [5, 5.41) is 0. The van der Waals surface area contributed by atoms with Gasteiger partial charge < -0.3 is 15.2 Å². The molecule has 3 rings (SSSR count). The Morgan fingerprint density at radius 1 is 1.53 bits per heavy atom. The Morgan fingerprint density at radius 2 is 2.40 bits per heavy atom. The minimum atomic E-state index is 0.0693. The molecule has 0 unspecified atom stereocenters. The molecule has 78 valence electrons. The van der Waals surface area contributed by atoms with Gasteiger partial charge in [-0.15, -0.1) is 0 Å². The Balaban J connectivity index is 2.02. The first-order chi connectivity index (χ1) is 7.33. The van der Waals surface area contributed by atoms with Gasteiger partial charge >= 0.3 is 0 Å². The van der Waals surface area contributed by atoms with E-state index in [-0.39, 0.29) is 6.10 Å². The summed E-state index contributed by atoms with van der Waals surface area (Å²) >= 11 is 0. The second-order valence-corrected chi connectivity index (χ2v) is 3.41. The van der Waals surface area contributed by atoms with Crippen LogP contribution in [-0.4, -0.2) is 33.7 Å². The number of anilines is 1. The van der Waals surface area contributed by atoms with Gasteiger partial charge in [-0.25, -0.2) is 4.98 Å². The fraction of sp³-hybridized carbons (Fsp3) is 0.333. The number of hydrogen-bond donors (Lipinski definition) is 1. The van der Waals surface area contributed by atoms with Crippen LogP contribution in [0.5, 0.6) is 5.88 Å². The quantitative estimate of drug-likeness (QED) is 0.753. The van der Waals surface area contributed by atoms with Crippen molar-refractivity contribution in [2.45, 2.75) is 6.10 Å². The molecule has 0 aliphatic carbocycles. The van der Waals surface area contributed by atoms with Gasteiger partial charge in [0.1, 0.15) is 11.9 Å². The van der Waals surface area contributed by atoms with Gasteiger partial charge in [0.25, 0.3) is 5.88 Å². The van der Waals surface area contributed by atoms with Gasteiger partial charge in [0.2, 0.25) is 5.65 Å². The molecule has 0 spiro atoms. The Bertz CT molecular complexity index is 492. The van der Waals surface area contributed by atoms with E-state index in [0.717, 1.165) is 0 Å². The first-order valence-electron chi connectivity index (χ1n) is 4.66. The van der Waals surface area contributed by atoms with Gasteiger partial charge in [0, 0.05) is 12.4 Å². The first kappa shape index (κ1) is 8.49. The number of aromatic nitrogens is 3. The predicted molar refractivity (Wildman–Crippen MR) is 52.6 cm³/mol. The number of ether oxygens (including phenoxy) is 2. The number of nitrogen functional groups attached to an aromatic ring is 1. The summed E-state index contributed by atoms with van der Waals surface area (Å²) in [5.74, 6) is 0.879. The van der Waals surface area contributed by atoms with Crippen molar-refractivity contribution >= 4 is 11.5 Å². The van der Waals surface area contributed by atoms with Gasteiger partial charge in [-0.05, 0) is 0 Å². The summed E-state index contributed by atoms with van der Waals surface area (Å²) in [7, 11) is 0. The molecule has 6 heteroatoms. The van der Waals surface area contributed by atoms with E-state index in [0.29, 0.717) is 30.6 Å². The molecule has 1 fully saturated rings. The van der Waals surface area contributed by atoms with E-state index in [1.165, 1.54) is 0 Å². The monoisotopic (exact) mass is 206 g/mol. The third-order valence-electron chi connectivity index (χ3n) is 2.25. The van der Waals surface area contributed by atoms with Crippen molar-refractivity contribution in [1.29, 1.82) is 0 Å². The lowest BCUT2D eigenvalue weighted by Gasteiger charge is -2.26. The number of imidazole rings is 1. The van der Waals surface area contributed by atoms with Crippen LogP contribution in [0.3, 0.4) is 0 Å². The maximum Gasteiger partial charge on any atom is 0.260 e. The van der Waals surface area contributed by atoms with Crippen LogP contribution >= 0.6 is 0 Å². The van der Waals surface area contributed by atoms with E-state index in [1.54, 1.807) is 23.0 Å². The minimum absolute atomic E-state index is 0.0693. The van der Waals surface area contributed by atoms with Crippen molar-refractivity contribution < 1.29 is 9.47 Å². The smallest absolute Gasteiger partial charge is 0.260 e. The van der Waals surface area contributed by atoms with E-state index in [1.807, 2.05) is 0 Å². The van der Waals surface area contributed by atoms with E-state index >= 15 is 0 Å². The highest BCUT2D eigenvalue weighted by Gasteiger charge is 2.22. The van der Waals surface area contributed by atoms with Crippen LogP contribution in [0.25, 0.3) is 5.65 Å². The van der Waals surface area contributed by atoms with E-state index in [2.05, 4.69) is 9.97 Å². The molecule has 3 heterocycles. The molecule has 2 N–H and O–H groups in total. The average molecular weight is 206 g/mol. The zero-order chi connectivity index (χ0) is 10.3. The highest BCUT2D eigenvalue weighted by atomic mass is 16.6. The standard InChI is InChI=1S/C9H10N4O2/c10-7-3-13-2-1-11-8(13)9(12-7)15-6-4-14-5-6/h1-3,6H,4-5,10H2. The summed E-state index contributed by atoms with van der Waals surface area (Å²) in [4.78, 5) is 8.26. The molecule has 1 aliphatic heterocycles. The zero-order valence-corrected chi connectivity index (χ0v) is 7.96. The molecule has 0 bridgehead atoms. The summed E-state index contributed by atoms with van der Waals surface area (Å²) in [5.41, 5.74) is 6.33. The van der Waals surface area contributed by atoms with Crippen LogP contribution in [0.2, 0.25) is 0 Å². The van der Waals surface area contributed by atoms with Gasteiger partial charge in [-0.1, -0.05) is 0 Å². The van der Waals surface area contributed by atoms with Crippen LogP contribution in [0, 0.1) is 0 Å². The van der Waals surface area contributed by atoms with Crippen LogP contribution in [-0.2, 0) is 4.74 Å². The van der Waals surface area contributed by atoms with Crippen LogP contribution in [0.1, 0.15) is 0 Å². The van der Waals surface area contributed by atoms with Crippen LogP contribution < -0.4 is 10.5 Å². The van der Waals surface area contributed by atoms with Crippen molar-refractivity contribution in [2.24, 2.45) is 0 Å². The summed E-state index contributed by atoms with van der Waals surface area (Å²) < 4.78 is 12.4. The van der Waals surface area contributed by atoms with Crippen molar-refractivity contribution in [3.8, 4) is 5.88 Å². The molecular weight excluding hydrogens is 196 g/mol. The fourth-order valence-corrected chi connectivity index (χ4v) is 1.44. The van der Waals surface area contributed by atoms with Crippen molar-refractivity contribution in [3.63, 3.8) is 0 Å². The molecule has 2 aromatic rings. The Labute approximate surface area is 85.6 Å². The molecule has 0 radical (unpaired) electrons. The second-order valence-electron chi connectivity index (χ2n) is 3.41. The molecule has 1 aliphatic rings. The lowest BCUT2D eigenvalue weighted by molar-refractivity contribution is -0.0808. The molecule has 0 amide bonds. The van der Waals surface area contributed by atoms with E-state index in [9.17, 15) is 0 Å². The minimum Gasteiger partial charge on any atom is -0.467 e. The van der Waals surface area contributed by atoms with Crippen molar-refractivity contribution in [1.82, 2.24) is 14.4 Å². The van der Waals surface area contributed by atoms with Gasteiger partial charge in [-0.2, -0.15) is 4.98 Å². The van der Waals surface area contributed by atoms with Crippen molar-refractivity contribution in [2.75, 3.05) is 18.9 Å². The second kappa shape index (κ2) is 3.09. The summed E-state index contributed by atoms with van der Waals surface area (Å²) in [6.07, 6.45) is 5.25. The van der Waals surface area contributed by atoms with Crippen LogP contribution in [0.15, 0.2) is 18.6 Å². The molecule has 0 saturated carbocycles. The highest BCUT2D eigenvalue weighted by Crippen LogP contribution is 2.20. The molecule has 1 saturated heterocycles. The van der Waals surface area contributed by atoms with Crippen molar-refractivity contribution in [3.05, 3.63) is 18.6 Å². The van der Waals surface area contributed by atoms with Gasteiger partial charge in [0.05, 0.1) is 19.4 Å². The van der Waals surface area contributed by atoms with E-state index < -0.39 is 0 Å². The largest absolute Gasteiger partial charge is 0.467 e. The highest BCUT2D eigenvalue weighted by molar-refractivity contribution is 5.52. The topological polar surface area (TPSA) is 74.7 Å².